The van der Waals surface area contributed by atoms with Crippen LogP contribution in [0, 0.1) is 6.92 Å². The summed E-state index contributed by atoms with van der Waals surface area (Å²) < 4.78 is 5.63. The van der Waals surface area contributed by atoms with Crippen molar-refractivity contribution in [1.29, 1.82) is 0 Å². The Kier molecular flexibility index (Phi) is 4.04. The van der Waals surface area contributed by atoms with Gasteiger partial charge in [-0.3, -0.25) is 15.1 Å². The van der Waals surface area contributed by atoms with Crippen LogP contribution in [-0.2, 0) is 6.54 Å². The van der Waals surface area contributed by atoms with E-state index in [2.05, 4.69) is 17.2 Å². The van der Waals surface area contributed by atoms with Crippen LogP contribution in [0.25, 0.3) is 0 Å². The zero-order valence-corrected chi connectivity index (χ0v) is 11.0. The van der Waals surface area contributed by atoms with Crippen molar-refractivity contribution in [2.45, 2.75) is 45.7 Å². The summed E-state index contributed by atoms with van der Waals surface area (Å²) >= 11 is 0. The molecule has 5 nitrogen and oxygen atoms in total. The molecule has 1 aromatic rings. The first kappa shape index (κ1) is 13.1. The lowest BCUT2D eigenvalue weighted by atomic mass is 10.2. The van der Waals surface area contributed by atoms with Crippen molar-refractivity contribution >= 4 is 5.91 Å². The van der Waals surface area contributed by atoms with Gasteiger partial charge in [-0.15, -0.1) is 0 Å². The molecule has 0 aliphatic heterocycles. The first-order valence-electron chi connectivity index (χ1n) is 6.50. The molecule has 0 atom stereocenters. The number of hydrogen-bond donors (Lipinski definition) is 2. The number of nitrogens with two attached hydrogens (primary N) is 1. The monoisotopic (exact) mass is 251 g/mol. The average molecular weight is 251 g/mol. The van der Waals surface area contributed by atoms with Crippen molar-refractivity contribution in [2.24, 2.45) is 5.84 Å². The molecule has 0 bridgehead atoms. The van der Waals surface area contributed by atoms with Crippen LogP contribution in [-0.4, -0.2) is 23.4 Å². The van der Waals surface area contributed by atoms with E-state index < -0.39 is 0 Å². The molecule has 0 aromatic carbocycles. The first-order chi connectivity index (χ1) is 8.65. The molecule has 1 heterocycles. The smallest absolute Gasteiger partial charge is 0.268 e. The Bertz CT molecular complexity index is 424. The van der Waals surface area contributed by atoms with Crippen LogP contribution in [0.15, 0.2) is 10.5 Å². The molecular weight excluding hydrogens is 230 g/mol. The number of rotatable bonds is 6. The van der Waals surface area contributed by atoms with E-state index in [0.717, 1.165) is 25.3 Å². The number of nitrogens with one attached hydrogen (secondary N) is 1. The Morgan fingerprint density at radius 1 is 1.61 bits per heavy atom. The number of hydrogen-bond acceptors (Lipinski definition) is 4. The topological polar surface area (TPSA) is 71.5 Å². The van der Waals surface area contributed by atoms with Crippen molar-refractivity contribution in [3.63, 3.8) is 0 Å². The highest BCUT2D eigenvalue weighted by Crippen LogP contribution is 2.29. The van der Waals surface area contributed by atoms with Crippen molar-refractivity contribution in [1.82, 2.24) is 10.3 Å². The van der Waals surface area contributed by atoms with E-state index in [9.17, 15) is 4.79 Å². The van der Waals surface area contributed by atoms with Crippen LogP contribution in [0.2, 0.25) is 0 Å². The van der Waals surface area contributed by atoms with E-state index in [1.54, 1.807) is 13.0 Å². The molecule has 0 unspecified atom stereocenters. The number of hydrazine groups is 1. The van der Waals surface area contributed by atoms with Crippen LogP contribution in [0.1, 0.15) is 48.1 Å². The maximum atomic E-state index is 11.5. The van der Waals surface area contributed by atoms with Gasteiger partial charge in [0.1, 0.15) is 11.5 Å². The molecule has 18 heavy (non-hydrogen) atoms. The highest BCUT2D eigenvalue weighted by molar-refractivity contribution is 5.94. The van der Waals surface area contributed by atoms with Gasteiger partial charge in [0, 0.05) is 6.04 Å². The van der Waals surface area contributed by atoms with Crippen LogP contribution in [0.5, 0.6) is 0 Å². The molecule has 1 aliphatic carbocycles. The lowest BCUT2D eigenvalue weighted by Gasteiger charge is -2.19. The third-order valence-electron chi connectivity index (χ3n) is 3.28. The summed E-state index contributed by atoms with van der Waals surface area (Å²) in [6, 6.07) is 2.49. The summed E-state index contributed by atoms with van der Waals surface area (Å²) in [6.07, 6.45) is 3.68. The Balaban J connectivity index is 2.06. The van der Waals surface area contributed by atoms with E-state index in [1.165, 1.54) is 12.8 Å². The lowest BCUT2D eigenvalue weighted by Crippen LogP contribution is -2.30. The normalized spacial score (nSPS) is 15.1. The Labute approximate surface area is 107 Å². The van der Waals surface area contributed by atoms with Crippen molar-refractivity contribution in [2.75, 3.05) is 6.54 Å². The van der Waals surface area contributed by atoms with E-state index in [1.807, 2.05) is 0 Å². The Hall–Kier alpha value is -1.33. The molecule has 5 heteroatoms. The fourth-order valence-electron chi connectivity index (χ4n) is 2.24. The highest BCUT2D eigenvalue weighted by Gasteiger charge is 2.29. The van der Waals surface area contributed by atoms with Gasteiger partial charge in [-0.1, -0.05) is 6.92 Å². The van der Waals surface area contributed by atoms with Gasteiger partial charge in [0.2, 0.25) is 0 Å². The Morgan fingerprint density at radius 2 is 2.33 bits per heavy atom. The van der Waals surface area contributed by atoms with Crippen LogP contribution in [0.3, 0.4) is 0 Å². The van der Waals surface area contributed by atoms with Crippen molar-refractivity contribution in [3.05, 3.63) is 23.2 Å². The maximum Gasteiger partial charge on any atom is 0.268 e. The van der Waals surface area contributed by atoms with Gasteiger partial charge in [-0.25, -0.2) is 5.84 Å². The van der Waals surface area contributed by atoms with Gasteiger partial charge in [0.25, 0.3) is 5.91 Å². The second kappa shape index (κ2) is 5.54. The van der Waals surface area contributed by atoms with Crippen LogP contribution >= 0.6 is 0 Å². The Morgan fingerprint density at radius 3 is 2.89 bits per heavy atom. The van der Waals surface area contributed by atoms with Gasteiger partial charge < -0.3 is 4.42 Å². The summed E-state index contributed by atoms with van der Waals surface area (Å²) in [5, 5.41) is 0. The molecule has 1 aromatic heterocycles. The van der Waals surface area contributed by atoms with E-state index in [-0.39, 0.29) is 5.91 Å². The fraction of sp³-hybridized carbons (Fsp3) is 0.615. The lowest BCUT2D eigenvalue weighted by molar-refractivity contribution is 0.0952. The molecular formula is C13H21N3O2. The third kappa shape index (κ3) is 2.91. The average Bonchev–Trinajstić information content (AvgIpc) is 3.13. The second-order valence-corrected chi connectivity index (χ2v) is 4.86. The van der Waals surface area contributed by atoms with E-state index in [0.29, 0.717) is 17.4 Å². The van der Waals surface area contributed by atoms with E-state index >= 15 is 0 Å². The number of aryl methyl sites for hydroxylation is 1. The summed E-state index contributed by atoms with van der Waals surface area (Å²) in [5.41, 5.74) is 2.66. The standard InChI is InChI=1S/C13H21N3O2/c1-3-6-16(10-4-5-10)8-11-7-12(9(2)18-11)13(17)15-14/h7,10H,3-6,8,14H2,1-2H3,(H,15,17). The minimum atomic E-state index is -0.295. The molecule has 3 N–H and O–H groups in total. The first-order valence-corrected chi connectivity index (χ1v) is 6.50. The van der Waals surface area contributed by atoms with Crippen LogP contribution in [0.4, 0.5) is 0 Å². The van der Waals surface area contributed by atoms with Gasteiger partial charge in [-0.2, -0.15) is 0 Å². The molecule has 0 saturated heterocycles. The van der Waals surface area contributed by atoms with E-state index in [4.69, 9.17) is 10.3 Å². The predicted octanol–water partition coefficient (Wildman–Crippen LogP) is 1.57. The van der Waals surface area contributed by atoms with Gasteiger partial charge in [0.05, 0.1) is 12.1 Å². The number of carbonyl (C=O) groups is 1. The molecule has 2 rings (SSSR count). The minimum absolute atomic E-state index is 0.295. The number of furan rings is 1. The molecule has 1 aliphatic rings. The number of carbonyl (C=O) groups excluding carboxylic acids is 1. The summed E-state index contributed by atoms with van der Waals surface area (Å²) in [4.78, 5) is 13.9. The largest absolute Gasteiger partial charge is 0.464 e. The van der Waals surface area contributed by atoms with Gasteiger partial charge in [-0.05, 0) is 38.8 Å². The number of nitrogens with zero attached hydrogens (tertiary/aromatic N) is 1. The summed E-state index contributed by atoms with van der Waals surface area (Å²) in [5.74, 6) is 6.31. The fourth-order valence-corrected chi connectivity index (χ4v) is 2.24. The highest BCUT2D eigenvalue weighted by atomic mass is 16.3. The summed E-state index contributed by atoms with van der Waals surface area (Å²) in [6.45, 7) is 5.81. The third-order valence-corrected chi connectivity index (χ3v) is 3.28. The molecule has 100 valence electrons. The molecule has 1 amide bonds. The van der Waals surface area contributed by atoms with Gasteiger partial charge in [0.15, 0.2) is 0 Å². The second-order valence-electron chi connectivity index (χ2n) is 4.86. The van der Waals surface area contributed by atoms with Crippen molar-refractivity contribution in [3.8, 4) is 0 Å². The SMILES string of the molecule is CCCN(Cc1cc(C(=O)NN)c(C)o1)C1CC1. The molecule has 1 fully saturated rings. The minimum Gasteiger partial charge on any atom is -0.464 e. The zero-order chi connectivity index (χ0) is 13.1. The number of nitrogen functional groups attached to an aromatic ring is 1. The van der Waals surface area contributed by atoms with Crippen LogP contribution < -0.4 is 11.3 Å². The van der Waals surface area contributed by atoms with Crippen molar-refractivity contribution < 1.29 is 9.21 Å². The zero-order valence-electron chi connectivity index (χ0n) is 11.0. The quantitative estimate of drug-likeness (QED) is 0.457. The summed E-state index contributed by atoms with van der Waals surface area (Å²) in [7, 11) is 0. The molecule has 0 radical (unpaired) electrons. The number of amides is 1. The molecule has 0 spiro atoms. The predicted molar refractivity (Wildman–Crippen MR) is 68.8 cm³/mol. The molecule has 1 saturated carbocycles. The van der Waals surface area contributed by atoms with Gasteiger partial charge >= 0.3 is 0 Å². The maximum absolute atomic E-state index is 11.5.